The van der Waals surface area contributed by atoms with Crippen molar-refractivity contribution in [3.05, 3.63) is 23.7 Å². The van der Waals surface area contributed by atoms with Crippen molar-refractivity contribution in [2.24, 2.45) is 0 Å². The van der Waals surface area contributed by atoms with Gasteiger partial charge in [0.2, 0.25) is 0 Å². The van der Waals surface area contributed by atoms with Crippen molar-refractivity contribution in [2.45, 2.75) is 13.5 Å². The number of hydrogen-bond acceptors (Lipinski definition) is 4. The summed E-state index contributed by atoms with van der Waals surface area (Å²) in [6, 6.07) is 1.68. The summed E-state index contributed by atoms with van der Waals surface area (Å²) >= 11 is 0. The predicted octanol–water partition coefficient (Wildman–Crippen LogP) is 1.43. The molecule has 5 heteroatoms. The molecule has 5 nitrogen and oxygen atoms in total. The van der Waals surface area contributed by atoms with Gasteiger partial charge in [0.1, 0.15) is 25.2 Å². The molecule has 1 fully saturated rings. The van der Waals surface area contributed by atoms with Gasteiger partial charge in [-0.15, -0.1) is 0 Å². The molecule has 0 radical (unpaired) electrons. The maximum absolute atomic E-state index is 11.8. The molecule has 0 saturated carbocycles. The predicted molar refractivity (Wildman–Crippen MR) is 65.1 cm³/mol. The minimum atomic E-state index is -0.305. The number of rotatable bonds is 4. The van der Waals surface area contributed by atoms with Crippen molar-refractivity contribution in [3.63, 3.8) is 0 Å². The molecule has 0 unspecified atom stereocenters. The van der Waals surface area contributed by atoms with E-state index in [-0.39, 0.29) is 5.97 Å². The van der Waals surface area contributed by atoms with Crippen LogP contribution in [0.2, 0.25) is 0 Å². The van der Waals surface area contributed by atoms with Crippen molar-refractivity contribution < 1.29 is 23.2 Å². The van der Waals surface area contributed by atoms with Gasteiger partial charge in [-0.3, -0.25) is 0 Å². The molecular weight excluding hydrogens is 234 g/mol. The molecule has 1 saturated heterocycles. The topological polar surface area (TPSA) is 48.7 Å². The first-order valence-corrected chi connectivity index (χ1v) is 6.29. The smallest absolute Gasteiger partial charge is 0.341 e. The lowest BCUT2D eigenvalue weighted by molar-refractivity contribution is -0.930. The standard InChI is InChI=1S/C13H20NO4/c1-3-17-13(15)11-4-7-18-12(11)10-14(2)5-8-16-9-6-14/h4,7H,3,5-6,8-10H2,1-2H3/q+1. The van der Waals surface area contributed by atoms with Crippen molar-refractivity contribution in [3.8, 4) is 0 Å². The molecule has 100 valence electrons. The van der Waals surface area contributed by atoms with E-state index in [2.05, 4.69) is 7.05 Å². The van der Waals surface area contributed by atoms with E-state index in [0.717, 1.165) is 30.8 Å². The molecule has 1 aromatic heterocycles. The van der Waals surface area contributed by atoms with Gasteiger partial charge >= 0.3 is 5.97 Å². The Morgan fingerprint density at radius 2 is 2.17 bits per heavy atom. The number of morpholine rings is 1. The SMILES string of the molecule is CCOC(=O)c1ccoc1C[N+]1(C)CCOCC1. The second-order valence-corrected chi connectivity index (χ2v) is 4.82. The van der Waals surface area contributed by atoms with Gasteiger partial charge in [-0.25, -0.2) is 4.79 Å². The second-order valence-electron chi connectivity index (χ2n) is 4.82. The van der Waals surface area contributed by atoms with Crippen LogP contribution in [0.5, 0.6) is 0 Å². The number of quaternary nitrogens is 1. The molecule has 0 aromatic carbocycles. The van der Waals surface area contributed by atoms with Crippen LogP contribution in [0.15, 0.2) is 16.7 Å². The second kappa shape index (κ2) is 5.54. The van der Waals surface area contributed by atoms with Crippen LogP contribution in [0.1, 0.15) is 23.0 Å². The zero-order chi connectivity index (χ0) is 13.0. The lowest BCUT2D eigenvalue weighted by Crippen LogP contribution is -2.51. The fourth-order valence-corrected chi connectivity index (χ4v) is 2.14. The zero-order valence-corrected chi connectivity index (χ0v) is 11.0. The molecule has 2 heterocycles. The number of furan rings is 1. The largest absolute Gasteiger partial charge is 0.462 e. The van der Waals surface area contributed by atoms with Gasteiger partial charge in [-0.2, -0.15) is 0 Å². The molecule has 1 aliphatic heterocycles. The van der Waals surface area contributed by atoms with Gasteiger partial charge in [0.25, 0.3) is 0 Å². The Labute approximate surface area is 107 Å². The molecule has 2 rings (SSSR count). The highest BCUT2D eigenvalue weighted by molar-refractivity contribution is 5.90. The number of carbonyl (C=O) groups excluding carboxylic acids is 1. The van der Waals surface area contributed by atoms with E-state index in [1.54, 1.807) is 19.3 Å². The van der Waals surface area contributed by atoms with E-state index in [9.17, 15) is 4.79 Å². The molecule has 0 bridgehead atoms. The lowest BCUT2D eigenvalue weighted by atomic mass is 10.2. The van der Waals surface area contributed by atoms with Crippen molar-refractivity contribution in [2.75, 3.05) is 40.0 Å². The quantitative estimate of drug-likeness (QED) is 0.602. The monoisotopic (exact) mass is 254 g/mol. The Morgan fingerprint density at radius 1 is 1.44 bits per heavy atom. The average Bonchev–Trinajstić information content (AvgIpc) is 2.77. The highest BCUT2D eigenvalue weighted by Crippen LogP contribution is 2.19. The molecule has 18 heavy (non-hydrogen) atoms. The molecule has 0 spiro atoms. The third kappa shape index (κ3) is 2.91. The molecule has 1 aromatic rings. The van der Waals surface area contributed by atoms with E-state index in [1.165, 1.54) is 0 Å². The Hall–Kier alpha value is -1.33. The number of carbonyl (C=O) groups is 1. The lowest BCUT2D eigenvalue weighted by Gasteiger charge is -2.36. The van der Waals surface area contributed by atoms with Crippen LogP contribution in [0.4, 0.5) is 0 Å². The van der Waals surface area contributed by atoms with Gasteiger partial charge < -0.3 is 18.4 Å². The zero-order valence-electron chi connectivity index (χ0n) is 11.0. The third-order valence-corrected chi connectivity index (χ3v) is 3.32. The maximum atomic E-state index is 11.8. The summed E-state index contributed by atoms with van der Waals surface area (Å²) in [4.78, 5) is 11.8. The molecule has 0 N–H and O–H groups in total. The Balaban J connectivity index is 2.09. The third-order valence-electron chi connectivity index (χ3n) is 3.32. The fourth-order valence-electron chi connectivity index (χ4n) is 2.14. The summed E-state index contributed by atoms with van der Waals surface area (Å²) in [7, 11) is 2.15. The minimum absolute atomic E-state index is 0.305. The van der Waals surface area contributed by atoms with Crippen LogP contribution in [0.3, 0.4) is 0 Å². The summed E-state index contributed by atoms with van der Waals surface area (Å²) in [5.41, 5.74) is 0.544. The summed E-state index contributed by atoms with van der Waals surface area (Å²) in [6.45, 7) is 6.26. The first-order chi connectivity index (χ1) is 8.64. The Bertz CT molecular complexity index is 407. The first kappa shape index (κ1) is 13.1. The summed E-state index contributed by atoms with van der Waals surface area (Å²) in [6.07, 6.45) is 1.55. The van der Waals surface area contributed by atoms with Gasteiger partial charge in [0.15, 0.2) is 5.76 Å². The van der Waals surface area contributed by atoms with Gasteiger partial charge in [0, 0.05) is 0 Å². The van der Waals surface area contributed by atoms with Crippen molar-refractivity contribution in [1.82, 2.24) is 0 Å². The number of esters is 1. The minimum Gasteiger partial charge on any atom is -0.462 e. The number of ether oxygens (including phenoxy) is 2. The van der Waals surface area contributed by atoms with Crippen LogP contribution in [-0.2, 0) is 16.0 Å². The van der Waals surface area contributed by atoms with E-state index < -0.39 is 0 Å². The molecule has 0 atom stereocenters. The van der Waals surface area contributed by atoms with Crippen LogP contribution < -0.4 is 0 Å². The summed E-state index contributed by atoms with van der Waals surface area (Å²) < 4.78 is 16.7. The van der Waals surface area contributed by atoms with Gasteiger partial charge in [-0.05, 0) is 13.0 Å². The van der Waals surface area contributed by atoms with E-state index in [0.29, 0.717) is 24.5 Å². The first-order valence-electron chi connectivity index (χ1n) is 6.29. The van der Waals surface area contributed by atoms with E-state index in [4.69, 9.17) is 13.9 Å². The average molecular weight is 254 g/mol. The highest BCUT2D eigenvalue weighted by atomic mass is 16.5. The number of likely N-dealkylation sites (N-methyl/N-ethyl adjacent to an activating group) is 1. The molecule has 0 aliphatic carbocycles. The highest BCUT2D eigenvalue weighted by Gasteiger charge is 2.29. The van der Waals surface area contributed by atoms with Crippen molar-refractivity contribution >= 4 is 5.97 Å². The van der Waals surface area contributed by atoms with Crippen LogP contribution in [0.25, 0.3) is 0 Å². The molecular formula is C13H20NO4+. The van der Waals surface area contributed by atoms with Crippen LogP contribution in [0, 0.1) is 0 Å². The normalized spacial score (nSPS) is 18.6. The van der Waals surface area contributed by atoms with Gasteiger partial charge in [0.05, 0.1) is 33.1 Å². The van der Waals surface area contributed by atoms with E-state index >= 15 is 0 Å². The summed E-state index contributed by atoms with van der Waals surface area (Å²) in [5.74, 6) is 0.402. The van der Waals surface area contributed by atoms with Gasteiger partial charge in [-0.1, -0.05) is 0 Å². The van der Waals surface area contributed by atoms with E-state index in [1.807, 2.05) is 0 Å². The van der Waals surface area contributed by atoms with Crippen LogP contribution in [-0.4, -0.2) is 50.4 Å². The van der Waals surface area contributed by atoms with Crippen LogP contribution >= 0.6 is 0 Å². The Morgan fingerprint density at radius 3 is 2.83 bits per heavy atom. The fraction of sp³-hybridized carbons (Fsp3) is 0.615. The van der Waals surface area contributed by atoms with Crippen molar-refractivity contribution in [1.29, 1.82) is 0 Å². The molecule has 1 aliphatic rings. The molecule has 0 amide bonds. The Kier molecular flexibility index (Phi) is 4.04. The number of hydrogen-bond donors (Lipinski definition) is 0. The summed E-state index contributed by atoms with van der Waals surface area (Å²) in [5, 5.41) is 0. The maximum Gasteiger partial charge on any atom is 0.341 e. The number of nitrogens with zero attached hydrogens (tertiary/aromatic N) is 1.